The first-order chi connectivity index (χ1) is 7.22. The van der Waals surface area contributed by atoms with Crippen LogP contribution in [0.2, 0.25) is 0 Å². The van der Waals surface area contributed by atoms with Crippen LogP contribution in [0, 0.1) is 0 Å². The fourth-order valence-corrected chi connectivity index (χ4v) is 1.51. The maximum absolute atomic E-state index is 8.72. The second-order valence-corrected chi connectivity index (χ2v) is 4.20. The molecule has 1 rings (SSSR count). The van der Waals surface area contributed by atoms with Gasteiger partial charge in [0.25, 0.3) is 0 Å². The number of aliphatic hydroxyl groups is 1. The average molecular weight is 207 g/mol. The van der Waals surface area contributed by atoms with Gasteiger partial charge in [0.1, 0.15) is 0 Å². The summed E-state index contributed by atoms with van der Waals surface area (Å²) in [6.07, 6.45) is 2.94. The van der Waals surface area contributed by atoms with Gasteiger partial charge in [-0.1, -0.05) is 24.3 Å². The number of aliphatic hydroxyl groups excluding tert-OH is 1. The molecule has 0 saturated carbocycles. The van der Waals surface area contributed by atoms with Crippen molar-refractivity contribution in [3.63, 3.8) is 0 Å². The monoisotopic (exact) mass is 207 g/mol. The molecular weight excluding hydrogens is 186 g/mol. The highest BCUT2D eigenvalue weighted by molar-refractivity contribution is 5.22. The van der Waals surface area contributed by atoms with Gasteiger partial charge in [-0.2, -0.15) is 0 Å². The Labute approximate surface area is 92.5 Å². The molecule has 0 radical (unpaired) electrons. The fourth-order valence-electron chi connectivity index (χ4n) is 1.51. The van der Waals surface area contributed by atoms with Crippen molar-refractivity contribution < 1.29 is 5.11 Å². The summed E-state index contributed by atoms with van der Waals surface area (Å²) in [5, 5.41) is 8.72. The Hall–Kier alpha value is -0.860. The predicted octanol–water partition coefficient (Wildman–Crippen LogP) is 1.72. The van der Waals surface area contributed by atoms with E-state index in [2.05, 4.69) is 43.3 Å². The van der Waals surface area contributed by atoms with Crippen LogP contribution in [0.15, 0.2) is 24.3 Å². The van der Waals surface area contributed by atoms with E-state index in [0.717, 1.165) is 25.8 Å². The van der Waals surface area contributed by atoms with E-state index >= 15 is 0 Å². The second-order valence-electron chi connectivity index (χ2n) is 4.20. The molecule has 0 fully saturated rings. The van der Waals surface area contributed by atoms with E-state index in [0.29, 0.717) is 0 Å². The third kappa shape index (κ3) is 4.96. The lowest BCUT2D eigenvalue weighted by atomic mass is 10.1. The summed E-state index contributed by atoms with van der Waals surface area (Å²) >= 11 is 0. The largest absolute Gasteiger partial charge is 0.396 e. The zero-order valence-corrected chi connectivity index (χ0v) is 9.74. The maximum Gasteiger partial charge on any atom is 0.0434 e. The summed E-state index contributed by atoms with van der Waals surface area (Å²) in [7, 11) is 4.19. The molecule has 2 nitrogen and oxygen atoms in total. The van der Waals surface area contributed by atoms with Crippen molar-refractivity contribution in [3.05, 3.63) is 35.4 Å². The van der Waals surface area contributed by atoms with Crippen molar-refractivity contribution in [2.75, 3.05) is 27.2 Å². The molecule has 2 heteroatoms. The molecule has 0 spiro atoms. The summed E-state index contributed by atoms with van der Waals surface area (Å²) in [6, 6.07) is 8.72. The van der Waals surface area contributed by atoms with Crippen LogP contribution in [-0.4, -0.2) is 37.3 Å². The molecule has 0 saturated heterocycles. The van der Waals surface area contributed by atoms with Gasteiger partial charge in [-0.15, -0.1) is 0 Å². The van der Waals surface area contributed by atoms with Gasteiger partial charge in [-0.05, 0) is 44.5 Å². The van der Waals surface area contributed by atoms with Crippen LogP contribution < -0.4 is 0 Å². The lowest BCUT2D eigenvalue weighted by Gasteiger charge is -2.09. The Balaban J connectivity index is 2.41. The van der Waals surface area contributed by atoms with Crippen LogP contribution in [0.5, 0.6) is 0 Å². The molecule has 0 aromatic heterocycles. The van der Waals surface area contributed by atoms with Crippen LogP contribution in [0.25, 0.3) is 0 Å². The molecule has 0 aliphatic carbocycles. The van der Waals surface area contributed by atoms with Crippen LogP contribution in [0.1, 0.15) is 17.5 Å². The molecule has 0 aliphatic rings. The van der Waals surface area contributed by atoms with E-state index in [4.69, 9.17) is 5.11 Å². The van der Waals surface area contributed by atoms with Crippen LogP contribution in [-0.2, 0) is 12.8 Å². The average Bonchev–Trinajstić information content (AvgIpc) is 2.25. The molecular formula is C13H21NO. The number of hydrogen-bond acceptors (Lipinski definition) is 2. The molecule has 1 aromatic carbocycles. The van der Waals surface area contributed by atoms with E-state index in [1.165, 1.54) is 11.1 Å². The smallest absolute Gasteiger partial charge is 0.0434 e. The fraction of sp³-hybridized carbons (Fsp3) is 0.538. The predicted molar refractivity (Wildman–Crippen MR) is 64.1 cm³/mol. The standard InChI is InChI=1S/C13H21NO/c1-14(2)10-9-13-7-5-12(6-8-13)4-3-11-15/h5-8,15H,3-4,9-11H2,1-2H3. The topological polar surface area (TPSA) is 23.5 Å². The molecule has 0 heterocycles. The molecule has 1 N–H and O–H groups in total. The van der Waals surface area contributed by atoms with E-state index in [1.54, 1.807) is 0 Å². The number of likely N-dealkylation sites (N-methyl/N-ethyl adjacent to an activating group) is 1. The van der Waals surface area contributed by atoms with Gasteiger partial charge in [0.05, 0.1) is 0 Å². The third-order valence-electron chi connectivity index (χ3n) is 2.49. The molecule has 1 aromatic rings. The van der Waals surface area contributed by atoms with Gasteiger partial charge in [-0.25, -0.2) is 0 Å². The summed E-state index contributed by atoms with van der Waals surface area (Å²) in [6.45, 7) is 1.37. The number of hydrogen-bond donors (Lipinski definition) is 1. The minimum Gasteiger partial charge on any atom is -0.396 e. The Kier molecular flexibility index (Phi) is 5.37. The van der Waals surface area contributed by atoms with E-state index < -0.39 is 0 Å². The van der Waals surface area contributed by atoms with Crippen LogP contribution >= 0.6 is 0 Å². The first kappa shape index (κ1) is 12.2. The van der Waals surface area contributed by atoms with Gasteiger partial charge in [0.2, 0.25) is 0 Å². The third-order valence-corrected chi connectivity index (χ3v) is 2.49. The Morgan fingerprint density at radius 2 is 1.53 bits per heavy atom. The van der Waals surface area contributed by atoms with Crippen molar-refractivity contribution >= 4 is 0 Å². The summed E-state index contributed by atoms with van der Waals surface area (Å²) < 4.78 is 0. The number of aryl methyl sites for hydroxylation is 1. The first-order valence-electron chi connectivity index (χ1n) is 5.56. The number of benzene rings is 1. The zero-order chi connectivity index (χ0) is 11.1. The van der Waals surface area contributed by atoms with Crippen molar-refractivity contribution in [2.45, 2.75) is 19.3 Å². The molecule has 15 heavy (non-hydrogen) atoms. The molecule has 0 amide bonds. The minimum atomic E-state index is 0.280. The maximum atomic E-state index is 8.72. The zero-order valence-electron chi connectivity index (χ0n) is 9.74. The lowest BCUT2D eigenvalue weighted by molar-refractivity contribution is 0.288. The Bertz CT molecular complexity index is 266. The molecule has 0 aliphatic heterocycles. The van der Waals surface area contributed by atoms with Gasteiger partial charge in [0, 0.05) is 13.2 Å². The Morgan fingerprint density at radius 1 is 1.00 bits per heavy atom. The van der Waals surface area contributed by atoms with Crippen molar-refractivity contribution in [2.24, 2.45) is 0 Å². The summed E-state index contributed by atoms with van der Waals surface area (Å²) in [5.41, 5.74) is 2.70. The van der Waals surface area contributed by atoms with E-state index in [-0.39, 0.29) is 6.61 Å². The van der Waals surface area contributed by atoms with Gasteiger partial charge >= 0.3 is 0 Å². The van der Waals surface area contributed by atoms with Crippen molar-refractivity contribution in [1.82, 2.24) is 4.90 Å². The van der Waals surface area contributed by atoms with E-state index in [9.17, 15) is 0 Å². The van der Waals surface area contributed by atoms with Crippen LogP contribution in [0.4, 0.5) is 0 Å². The lowest BCUT2D eigenvalue weighted by Crippen LogP contribution is -2.14. The van der Waals surface area contributed by atoms with Crippen molar-refractivity contribution in [1.29, 1.82) is 0 Å². The van der Waals surface area contributed by atoms with Crippen LogP contribution in [0.3, 0.4) is 0 Å². The number of nitrogens with zero attached hydrogens (tertiary/aromatic N) is 1. The highest BCUT2D eigenvalue weighted by Crippen LogP contribution is 2.07. The molecule has 84 valence electrons. The quantitative estimate of drug-likeness (QED) is 0.767. The van der Waals surface area contributed by atoms with Gasteiger partial charge in [-0.3, -0.25) is 0 Å². The molecule has 0 bridgehead atoms. The SMILES string of the molecule is CN(C)CCc1ccc(CCCO)cc1. The first-order valence-corrected chi connectivity index (χ1v) is 5.56. The summed E-state index contributed by atoms with van der Waals surface area (Å²) in [4.78, 5) is 2.19. The highest BCUT2D eigenvalue weighted by Gasteiger charge is 1.96. The molecule has 0 unspecified atom stereocenters. The van der Waals surface area contributed by atoms with Gasteiger partial charge < -0.3 is 10.0 Å². The highest BCUT2D eigenvalue weighted by atomic mass is 16.2. The normalized spacial score (nSPS) is 10.9. The van der Waals surface area contributed by atoms with Gasteiger partial charge in [0.15, 0.2) is 0 Å². The summed E-state index contributed by atoms with van der Waals surface area (Å²) in [5.74, 6) is 0. The van der Waals surface area contributed by atoms with Crippen molar-refractivity contribution in [3.8, 4) is 0 Å². The minimum absolute atomic E-state index is 0.280. The number of rotatable bonds is 6. The second kappa shape index (κ2) is 6.59. The molecule has 0 atom stereocenters. The Morgan fingerprint density at radius 3 is 2.00 bits per heavy atom. The van der Waals surface area contributed by atoms with E-state index in [1.807, 2.05) is 0 Å².